The van der Waals surface area contributed by atoms with Crippen molar-refractivity contribution in [1.29, 1.82) is 0 Å². The third-order valence-corrected chi connectivity index (χ3v) is 13.7. The van der Waals surface area contributed by atoms with Crippen molar-refractivity contribution >= 4 is 44.9 Å². The normalized spacial score (nSPS) is 11.1. The van der Waals surface area contributed by atoms with Crippen LogP contribution in [0.5, 0.6) is 0 Å². The molecule has 0 N–H and O–H groups in total. The van der Waals surface area contributed by atoms with Gasteiger partial charge in [-0.3, -0.25) is 0 Å². The Hall–Kier alpha value is -9.50. The van der Waals surface area contributed by atoms with Crippen LogP contribution in [0.3, 0.4) is 0 Å². The average Bonchev–Trinajstić information content (AvgIpc) is 3.47. The fraction of sp³-hybridized carbons (Fsp3) is 0. The van der Waals surface area contributed by atoms with E-state index in [4.69, 9.17) is 0 Å². The molecule has 0 fully saturated rings. The number of nitrogens with zero attached hydrogens (tertiary/aromatic N) is 2. The summed E-state index contributed by atoms with van der Waals surface area (Å²) in [6.07, 6.45) is 0. The van der Waals surface area contributed by atoms with Gasteiger partial charge in [0.1, 0.15) is 0 Å². The van der Waals surface area contributed by atoms with E-state index in [1.165, 1.54) is 66.4 Å². The highest BCUT2D eigenvalue weighted by Crippen LogP contribution is 2.43. The molecule has 0 unspecified atom stereocenters. The number of hydrogen-bond acceptors (Lipinski definition) is 2. The Morgan fingerprint density at radius 1 is 0.181 bits per heavy atom. The molecule has 0 saturated heterocycles. The van der Waals surface area contributed by atoms with Gasteiger partial charge in [0.2, 0.25) is 0 Å². The third kappa shape index (κ3) is 8.97. The molecule has 0 aromatic heterocycles. The van der Waals surface area contributed by atoms with Crippen molar-refractivity contribution in [2.24, 2.45) is 0 Å². The zero-order valence-corrected chi connectivity index (χ0v) is 39.8. The molecule has 0 atom stereocenters. The minimum Gasteiger partial charge on any atom is -0.310 e. The topological polar surface area (TPSA) is 6.48 Å². The fourth-order valence-electron chi connectivity index (χ4n) is 10.0. The van der Waals surface area contributed by atoms with Crippen molar-refractivity contribution in [3.63, 3.8) is 0 Å². The number of rotatable bonds is 12. The average molecular weight is 919 g/mol. The van der Waals surface area contributed by atoms with E-state index in [-0.39, 0.29) is 0 Å². The quantitative estimate of drug-likeness (QED) is 0.120. The standard InChI is InChI=1S/C70H50N2/c1-5-17-51(18-6-1)53-31-39-62(40-32-53)71(66-47-48-67(57-21-9-3-10-22-57)69(50-66)59-23-11-4-12-24-59)63-41-33-54(34-42-63)55-35-43-64(44-36-55)72(70-30-16-26-58-25-13-14-29-68(58)70)65-45-37-56(38-46-65)61-28-15-27-60(49-61)52-19-7-2-8-20-52/h1-50H. The van der Waals surface area contributed by atoms with Crippen molar-refractivity contribution in [2.75, 3.05) is 9.80 Å². The highest BCUT2D eigenvalue weighted by molar-refractivity contribution is 5.99. The first kappa shape index (κ1) is 43.8. The van der Waals surface area contributed by atoms with Crippen molar-refractivity contribution in [3.8, 4) is 66.8 Å². The van der Waals surface area contributed by atoms with Gasteiger partial charge in [0.15, 0.2) is 0 Å². The molecule has 0 aliphatic carbocycles. The Kier molecular flexibility index (Phi) is 12.1. The molecule has 0 heterocycles. The summed E-state index contributed by atoms with van der Waals surface area (Å²) in [4.78, 5) is 4.75. The summed E-state index contributed by atoms with van der Waals surface area (Å²) in [5, 5.41) is 2.40. The maximum absolute atomic E-state index is 2.38. The van der Waals surface area contributed by atoms with Gasteiger partial charge < -0.3 is 9.80 Å². The summed E-state index contributed by atoms with van der Waals surface area (Å²) < 4.78 is 0. The maximum atomic E-state index is 2.38. The van der Waals surface area contributed by atoms with Crippen molar-refractivity contribution in [1.82, 2.24) is 0 Å². The maximum Gasteiger partial charge on any atom is 0.0540 e. The van der Waals surface area contributed by atoms with E-state index < -0.39 is 0 Å². The number of anilines is 6. The van der Waals surface area contributed by atoms with Crippen LogP contribution in [0.1, 0.15) is 0 Å². The summed E-state index contributed by atoms with van der Waals surface area (Å²) in [6, 6.07) is 109. The van der Waals surface area contributed by atoms with Gasteiger partial charge in [-0.05, 0) is 145 Å². The third-order valence-electron chi connectivity index (χ3n) is 13.7. The molecule has 0 amide bonds. The van der Waals surface area contributed by atoms with Crippen molar-refractivity contribution in [2.45, 2.75) is 0 Å². The minimum atomic E-state index is 1.08. The smallest absolute Gasteiger partial charge is 0.0540 e. The van der Waals surface area contributed by atoms with E-state index in [0.717, 1.165) is 45.3 Å². The second kappa shape index (κ2) is 19.8. The van der Waals surface area contributed by atoms with E-state index in [9.17, 15) is 0 Å². The summed E-state index contributed by atoms with van der Waals surface area (Å²) in [5.41, 5.74) is 20.8. The molecule has 0 bridgehead atoms. The molecule has 12 aromatic rings. The molecule has 12 rings (SSSR count). The summed E-state index contributed by atoms with van der Waals surface area (Å²) >= 11 is 0. The molecule has 72 heavy (non-hydrogen) atoms. The summed E-state index contributed by atoms with van der Waals surface area (Å²) in [6.45, 7) is 0. The molecule has 0 saturated carbocycles. The Bertz CT molecular complexity index is 3730. The molecule has 2 nitrogen and oxygen atoms in total. The first-order valence-corrected chi connectivity index (χ1v) is 24.7. The van der Waals surface area contributed by atoms with Crippen molar-refractivity contribution in [3.05, 3.63) is 303 Å². The highest BCUT2D eigenvalue weighted by Gasteiger charge is 2.19. The summed E-state index contributed by atoms with van der Waals surface area (Å²) in [5.74, 6) is 0. The molecule has 2 heteroatoms. The van der Waals surface area contributed by atoms with E-state index >= 15 is 0 Å². The lowest BCUT2D eigenvalue weighted by Gasteiger charge is -2.28. The Labute approximate surface area is 422 Å². The van der Waals surface area contributed by atoms with Crippen LogP contribution in [0.4, 0.5) is 34.1 Å². The molecule has 0 radical (unpaired) electrons. The lowest BCUT2D eigenvalue weighted by molar-refractivity contribution is 1.28. The lowest BCUT2D eigenvalue weighted by atomic mass is 9.93. The Morgan fingerprint density at radius 3 is 1.01 bits per heavy atom. The number of fused-ring (bicyclic) bond motifs is 1. The first-order chi connectivity index (χ1) is 35.7. The van der Waals surface area contributed by atoms with Gasteiger partial charge in [0.25, 0.3) is 0 Å². The molecule has 0 aliphatic rings. The monoisotopic (exact) mass is 918 g/mol. The van der Waals surface area contributed by atoms with E-state index in [2.05, 4.69) is 313 Å². The van der Waals surface area contributed by atoms with Crippen LogP contribution in [-0.2, 0) is 0 Å². The first-order valence-electron chi connectivity index (χ1n) is 24.7. The fourth-order valence-corrected chi connectivity index (χ4v) is 10.0. The number of benzene rings is 12. The second-order valence-electron chi connectivity index (χ2n) is 18.1. The van der Waals surface area contributed by atoms with Crippen LogP contribution in [0.15, 0.2) is 303 Å². The van der Waals surface area contributed by atoms with E-state index in [1.807, 2.05) is 0 Å². The predicted octanol–water partition coefficient (Wildman–Crippen LogP) is 19.8. The van der Waals surface area contributed by atoms with Gasteiger partial charge in [-0.1, -0.05) is 231 Å². The van der Waals surface area contributed by atoms with Gasteiger partial charge >= 0.3 is 0 Å². The van der Waals surface area contributed by atoms with Crippen LogP contribution < -0.4 is 9.80 Å². The van der Waals surface area contributed by atoms with Gasteiger partial charge in [-0.15, -0.1) is 0 Å². The van der Waals surface area contributed by atoms with Gasteiger partial charge in [-0.25, -0.2) is 0 Å². The largest absolute Gasteiger partial charge is 0.310 e. The molecular weight excluding hydrogens is 869 g/mol. The Morgan fingerprint density at radius 2 is 0.514 bits per heavy atom. The van der Waals surface area contributed by atoms with Crippen LogP contribution in [0.25, 0.3) is 77.5 Å². The van der Waals surface area contributed by atoms with Crippen LogP contribution in [0.2, 0.25) is 0 Å². The molecule has 12 aromatic carbocycles. The van der Waals surface area contributed by atoms with E-state index in [1.54, 1.807) is 0 Å². The predicted molar refractivity (Wildman–Crippen MR) is 306 cm³/mol. The van der Waals surface area contributed by atoms with Gasteiger partial charge in [-0.2, -0.15) is 0 Å². The van der Waals surface area contributed by atoms with E-state index in [0.29, 0.717) is 0 Å². The zero-order chi connectivity index (χ0) is 48.1. The van der Waals surface area contributed by atoms with Gasteiger partial charge in [0.05, 0.1) is 5.69 Å². The second-order valence-corrected chi connectivity index (χ2v) is 18.1. The molecule has 0 spiro atoms. The SMILES string of the molecule is c1ccc(-c2ccc(N(c3ccc(-c4ccc(N(c5ccc(-c6cccc(-c7ccccc7)c6)cc5)c5cccc6ccccc56)cc4)cc3)c3ccc(-c4ccccc4)c(-c4ccccc4)c3)cc2)cc1. The highest BCUT2D eigenvalue weighted by atomic mass is 15.1. The van der Waals surface area contributed by atoms with Crippen LogP contribution >= 0.6 is 0 Å². The molecular formula is C70H50N2. The lowest BCUT2D eigenvalue weighted by Crippen LogP contribution is -2.10. The van der Waals surface area contributed by atoms with Crippen LogP contribution in [0, 0.1) is 0 Å². The molecule has 340 valence electrons. The molecule has 0 aliphatic heterocycles. The zero-order valence-electron chi connectivity index (χ0n) is 39.8. The minimum absolute atomic E-state index is 1.08. The van der Waals surface area contributed by atoms with Crippen LogP contribution in [-0.4, -0.2) is 0 Å². The Balaban J connectivity index is 0.895. The van der Waals surface area contributed by atoms with Crippen molar-refractivity contribution < 1.29 is 0 Å². The number of hydrogen-bond donors (Lipinski definition) is 0. The van der Waals surface area contributed by atoms with Gasteiger partial charge in [0, 0.05) is 33.8 Å². The summed E-state index contributed by atoms with van der Waals surface area (Å²) in [7, 11) is 0.